The van der Waals surface area contributed by atoms with Crippen molar-refractivity contribution in [3.8, 4) is 11.5 Å². The second-order valence-electron chi connectivity index (χ2n) is 6.12. The first-order valence-corrected chi connectivity index (χ1v) is 9.94. The van der Waals surface area contributed by atoms with Gasteiger partial charge in [-0.25, -0.2) is 5.43 Å². The number of carbonyl (C=O) groups excluding carboxylic acids is 1. The Labute approximate surface area is 189 Å². The minimum absolute atomic E-state index is 0.235. The minimum Gasteiger partial charge on any atom is -0.493 e. The summed E-state index contributed by atoms with van der Waals surface area (Å²) in [7, 11) is 1.51. The largest absolute Gasteiger partial charge is 0.493 e. The van der Waals surface area contributed by atoms with Crippen molar-refractivity contribution in [3.63, 3.8) is 0 Å². The lowest BCUT2D eigenvalue weighted by Crippen LogP contribution is -2.17. The lowest BCUT2D eigenvalue weighted by atomic mass is 10.2. The molecule has 0 aromatic heterocycles. The van der Waals surface area contributed by atoms with Crippen LogP contribution in [0.2, 0.25) is 15.1 Å². The highest BCUT2D eigenvalue weighted by Crippen LogP contribution is 2.37. The number of ether oxygens (including phenoxy) is 2. The first-order valence-electron chi connectivity index (χ1n) is 8.80. The maximum Gasteiger partial charge on any atom is 0.271 e. The average Bonchev–Trinajstić information content (AvgIpc) is 2.73. The van der Waals surface area contributed by atoms with Crippen molar-refractivity contribution in [1.29, 1.82) is 0 Å². The van der Waals surface area contributed by atoms with Gasteiger partial charge in [-0.15, -0.1) is 0 Å². The standard InChI is InChI=1S/C22H17Cl3N2O3/c1-29-20-10-14(12-26-27-22(28)15-6-4-7-17(23)11-15)9-19(25)21(20)30-13-16-5-2-3-8-18(16)24/h2-12H,13H2,1H3,(H,27,28)/b26-12-. The van der Waals surface area contributed by atoms with E-state index in [1.54, 1.807) is 42.5 Å². The number of amides is 1. The maximum atomic E-state index is 12.1. The average molecular weight is 464 g/mol. The SMILES string of the molecule is COc1cc(/C=N\NC(=O)c2cccc(Cl)c2)cc(Cl)c1OCc1ccccc1Cl. The summed E-state index contributed by atoms with van der Waals surface area (Å²) in [6.07, 6.45) is 1.45. The third-order valence-corrected chi connectivity index (χ3v) is 4.93. The number of nitrogens with zero attached hydrogens (tertiary/aromatic N) is 1. The number of halogens is 3. The summed E-state index contributed by atoms with van der Waals surface area (Å²) in [6.45, 7) is 0.235. The van der Waals surface area contributed by atoms with Gasteiger partial charge in [0, 0.05) is 21.2 Å². The zero-order valence-corrected chi connectivity index (χ0v) is 18.1. The molecule has 0 aliphatic heterocycles. The van der Waals surface area contributed by atoms with Crippen LogP contribution in [0.15, 0.2) is 65.8 Å². The molecule has 154 valence electrons. The first-order chi connectivity index (χ1) is 14.5. The van der Waals surface area contributed by atoms with Crippen LogP contribution in [0.3, 0.4) is 0 Å². The molecule has 0 radical (unpaired) electrons. The van der Waals surface area contributed by atoms with Crippen molar-refractivity contribution in [2.45, 2.75) is 6.61 Å². The monoisotopic (exact) mass is 462 g/mol. The lowest BCUT2D eigenvalue weighted by Gasteiger charge is -2.14. The highest BCUT2D eigenvalue weighted by molar-refractivity contribution is 6.32. The van der Waals surface area contributed by atoms with E-state index in [0.29, 0.717) is 37.7 Å². The maximum absolute atomic E-state index is 12.1. The normalized spacial score (nSPS) is 10.8. The minimum atomic E-state index is -0.383. The topological polar surface area (TPSA) is 59.9 Å². The zero-order valence-electron chi connectivity index (χ0n) is 15.9. The van der Waals surface area contributed by atoms with Crippen molar-refractivity contribution >= 4 is 46.9 Å². The van der Waals surface area contributed by atoms with Crippen molar-refractivity contribution in [1.82, 2.24) is 5.43 Å². The van der Waals surface area contributed by atoms with E-state index in [9.17, 15) is 4.79 Å². The van der Waals surface area contributed by atoms with E-state index in [1.807, 2.05) is 18.2 Å². The Morgan fingerprint density at radius 2 is 1.83 bits per heavy atom. The van der Waals surface area contributed by atoms with Gasteiger partial charge < -0.3 is 9.47 Å². The van der Waals surface area contributed by atoms with Crippen LogP contribution in [0.4, 0.5) is 0 Å². The summed E-state index contributed by atoms with van der Waals surface area (Å²) in [5, 5.41) is 5.37. The molecule has 8 heteroatoms. The molecule has 0 bridgehead atoms. The lowest BCUT2D eigenvalue weighted by molar-refractivity contribution is 0.0955. The summed E-state index contributed by atoms with van der Waals surface area (Å²) in [6, 6.07) is 17.3. The Hall–Kier alpha value is -2.73. The van der Waals surface area contributed by atoms with Crippen molar-refractivity contribution in [3.05, 3.63) is 92.4 Å². The van der Waals surface area contributed by atoms with E-state index in [0.717, 1.165) is 5.56 Å². The fourth-order valence-electron chi connectivity index (χ4n) is 2.58. The van der Waals surface area contributed by atoms with Crippen LogP contribution in [0.1, 0.15) is 21.5 Å². The van der Waals surface area contributed by atoms with Gasteiger partial charge in [-0.2, -0.15) is 5.10 Å². The fourth-order valence-corrected chi connectivity index (χ4v) is 3.23. The molecule has 0 saturated heterocycles. The number of nitrogens with one attached hydrogen (secondary N) is 1. The summed E-state index contributed by atoms with van der Waals surface area (Å²) >= 11 is 18.4. The summed E-state index contributed by atoms with van der Waals surface area (Å²) in [5.74, 6) is 0.433. The van der Waals surface area contributed by atoms with Crippen LogP contribution in [0, 0.1) is 0 Å². The number of benzene rings is 3. The summed E-state index contributed by atoms with van der Waals surface area (Å²) in [4.78, 5) is 12.1. The molecule has 0 spiro atoms. The molecule has 0 aliphatic carbocycles. The molecule has 3 aromatic carbocycles. The highest BCUT2D eigenvalue weighted by Gasteiger charge is 2.13. The van der Waals surface area contributed by atoms with Crippen LogP contribution in [-0.2, 0) is 6.61 Å². The van der Waals surface area contributed by atoms with Gasteiger partial charge in [-0.3, -0.25) is 4.79 Å². The predicted octanol–water partition coefficient (Wildman–Crippen LogP) is 6.00. The predicted molar refractivity (Wildman–Crippen MR) is 120 cm³/mol. The quantitative estimate of drug-likeness (QED) is 0.345. The Balaban J connectivity index is 1.71. The molecule has 0 heterocycles. The van der Waals surface area contributed by atoms with E-state index in [2.05, 4.69) is 10.5 Å². The van der Waals surface area contributed by atoms with Gasteiger partial charge in [0.05, 0.1) is 18.3 Å². The van der Waals surface area contributed by atoms with Crippen molar-refractivity contribution < 1.29 is 14.3 Å². The first kappa shape index (κ1) is 22.0. The number of hydrogen-bond donors (Lipinski definition) is 1. The van der Waals surface area contributed by atoms with E-state index >= 15 is 0 Å². The van der Waals surface area contributed by atoms with Crippen LogP contribution < -0.4 is 14.9 Å². The van der Waals surface area contributed by atoms with Gasteiger partial charge in [0.2, 0.25) is 0 Å². The second-order valence-corrected chi connectivity index (χ2v) is 7.37. The molecule has 3 rings (SSSR count). The number of rotatable bonds is 7. The molecule has 0 atom stereocenters. The molecule has 5 nitrogen and oxygen atoms in total. The van der Waals surface area contributed by atoms with E-state index in [1.165, 1.54) is 13.3 Å². The summed E-state index contributed by atoms with van der Waals surface area (Å²) in [5.41, 5.74) is 4.29. The Morgan fingerprint density at radius 1 is 1.03 bits per heavy atom. The fraction of sp³-hybridized carbons (Fsp3) is 0.0909. The van der Waals surface area contributed by atoms with Crippen LogP contribution in [-0.4, -0.2) is 19.2 Å². The Kier molecular flexibility index (Phi) is 7.57. The number of hydrazone groups is 1. The van der Waals surface area contributed by atoms with E-state index in [4.69, 9.17) is 44.3 Å². The Bertz CT molecular complexity index is 1090. The molecule has 0 unspecified atom stereocenters. The number of methoxy groups -OCH3 is 1. The third-order valence-electron chi connectivity index (χ3n) is 4.05. The number of carbonyl (C=O) groups is 1. The van der Waals surface area contributed by atoms with E-state index in [-0.39, 0.29) is 12.5 Å². The van der Waals surface area contributed by atoms with Gasteiger partial charge >= 0.3 is 0 Å². The van der Waals surface area contributed by atoms with Gasteiger partial charge in [0.15, 0.2) is 11.5 Å². The molecule has 1 amide bonds. The van der Waals surface area contributed by atoms with Gasteiger partial charge in [0.25, 0.3) is 5.91 Å². The molecule has 1 N–H and O–H groups in total. The van der Waals surface area contributed by atoms with Gasteiger partial charge in [-0.1, -0.05) is 59.1 Å². The molecule has 3 aromatic rings. The van der Waals surface area contributed by atoms with Gasteiger partial charge in [-0.05, 0) is 42.0 Å². The van der Waals surface area contributed by atoms with Crippen LogP contribution >= 0.6 is 34.8 Å². The van der Waals surface area contributed by atoms with Crippen LogP contribution in [0.5, 0.6) is 11.5 Å². The smallest absolute Gasteiger partial charge is 0.271 e. The summed E-state index contributed by atoms with van der Waals surface area (Å²) < 4.78 is 11.2. The van der Waals surface area contributed by atoms with E-state index < -0.39 is 0 Å². The zero-order chi connectivity index (χ0) is 21.5. The Morgan fingerprint density at radius 3 is 2.57 bits per heavy atom. The second kappa shape index (κ2) is 10.3. The van der Waals surface area contributed by atoms with Crippen molar-refractivity contribution in [2.75, 3.05) is 7.11 Å². The molecule has 0 aliphatic rings. The van der Waals surface area contributed by atoms with Crippen LogP contribution in [0.25, 0.3) is 0 Å². The molecular weight excluding hydrogens is 447 g/mol. The third kappa shape index (κ3) is 5.66. The van der Waals surface area contributed by atoms with Crippen molar-refractivity contribution in [2.24, 2.45) is 5.10 Å². The highest BCUT2D eigenvalue weighted by atomic mass is 35.5. The number of hydrogen-bond acceptors (Lipinski definition) is 4. The molecule has 0 saturated carbocycles. The molecule has 0 fully saturated rings. The van der Waals surface area contributed by atoms with Gasteiger partial charge in [0.1, 0.15) is 6.61 Å². The molecular formula is C22H17Cl3N2O3. The molecule has 30 heavy (non-hydrogen) atoms.